The van der Waals surface area contributed by atoms with Crippen LogP contribution < -0.4 is 0 Å². The molecule has 1 atom stereocenters. The summed E-state index contributed by atoms with van der Waals surface area (Å²) in [5.41, 5.74) is 0. The van der Waals surface area contributed by atoms with Crippen molar-refractivity contribution in [3.8, 4) is 0 Å². The van der Waals surface area contributed by atoms with Crippen molar-refractivity contribution in [2.45, 2.75) is 297 Å². The molecular formula is C65H112O6. The van der Waals surface area contributed by atoms with Crippen LogP contribution in [-0.4, -0.2) is 37.2 Å². The molecule has 0 unspecified atom stereocenters. The van der Waals surface area contributed by atoms with Crippen LogP contribution in [-0.2, 0) is 28.6 Å². The van der Waals surface area contributed by atoms with E-state index in [1.807, 2.05) is 0 Å². The van der Waals surface area contributed by atoms with E-state index in [0.29, 0.717) is 19.3 Å². The van der Waals surface area contributed by atoms with E-state index >= 15 is 0 Å². The summed E-state index contributed by atoms with van der Waals surface area (Å²) >= 11 is 0. The molecule has 71 heavy (non-hydrogen) atoms. The monoisotopic (exact) mass is 989 g/mol. The summed E-state index contributed by atoms with van der Waals surface area (Å²) in [4.78, 5) is 38.2. The molecule has 6 nitrogen and oxygen atoms in total. The third-order valence-corrected chi connectivity index (χ3v) is 12.9. The third-order valence-electron chi connectivity index (χ3n) is 12.9. The lowest BCUT2D eigenvalue weighted by atomic mass is 10.1. The summed E-state index contributed by atoms with van der Waals surface area (Å²) in [6, 6.07) is 0. The van der Waals surface area contributed by atoms with Gasteiger partial charge in [-0.2, -0.15) is 0 Å². The van der Waals surface area contributed by atoms with E-state index in [-0.39, 0.29) is 31.1 Å². The molecule has 0 spiro atoms. The first kappa shape index (κ1) is 67.6. The number of carbonyl (C=O) groups excluding carboxylic acids is 3. The van der Waals surface area contributed by atoms with Gasteiger partial charge in [-0.25, -0.2) is 0 Å². The molecule has 0 bridgehead atoms. The van der Waals surface area contributed by atoms with Crippen LogP contribution in [0.1, 0.15) is 290 Å². The van der Waals surface area contributed by atoms with Crippen molar-refractivity contribution in [3.63, 3.8) is 0 Å². The lowest BCUT2D eigenvalue weighted by Gasteiger charge is -2.18. The van der Waals surface area contributed by atoms with Gasteiger partial charge in [0.1, 0.15) is 13.2 Å². The van der Waals surface area contributed by atoms with E-state index in [9.17, 15) is 14.4 Å². The van der Waals surface area contributed by atoms with Crippen LogP contribution in [0, 0.1) is 0 Å². The number of unbranched alkanes of at least 4 members (excludes halogenated alkanes) is 29. The predicted octanol–water partition coefficient (Wildman–Crippen LogP) is 20.3. The summed E-state index contributed by atoms with van der Waals surface area (Å²) in [5.74, 6) is -0.903. The van der Waals surface area contributed by atoms with Gasteiger partial charge in [0.25, 0.3) is 0 Å². The molecule has 0 aliphatic heterocycles. The Balaban J connectivity index is 4.40. The maximum absolute atomic E-state index is 12.9. The Morgan fingerprint density at radius 2 is 0.549 bits per heavy atom. The zero-order chi connectivity index (χ0) is 51.4. The van der Waals surface area contributed by atoms with Gasteiger partial charge in [0, 0.05) is 19.3 Å². The number of allylic oxidation sites excluding steroid dienone is 14. The van der Waals surface area contributed by atoms with Crippen molar-refractivity contribution in [2.24, 2.45) is 0 Å². The first-order valence-corrected chi connectivity index (χ1v) is 30.1. The molecule has 0 aliphatic carbocycles. The smallest absolute Gasteiger partial charge is 0.306 e. The van der Waals surface area contributed by atoms with Crippen molar-refractivity contribution in [2.75, 3.05) is 13.2 Å². The first-order valence-electron chi connectivity index (χ1n) is 30.1. The predicted molar refractivity (Wildman–Crippen MR) is 307 cm³/mol. The number of esters is 3. The number of carbonyl (C=O) groups is 3. The van der Waals surface area contributed by atoms with E-state index < -0.39 is 6.10 Å². The number of ether oxygens (including phenoxy) is 3. The second-order valence-electron chi connectivity index (χ2n) is 19.9. The summed E-state index contributed by atoms with van der Waals surface area (Å²) in [6.45, 7) is 6.48. The van der Waals surface area contributed by atoms with Gasteiger partial charge in [-0.1, -0.05) is 241 Å². The minimum atomic E-state index is -0.789. The molecule has 0 aromatic carbocycles. The highest BCUT2D eigenvalue weighted by Crippen LogP contribution is 2.15. The molecule has 0 saturated carbocycles. The normalized spacial score (nSPS) is 12.7. The SMILES string of the molecule is CC/C=C\C/C=C\C/C=C\CCCCCCCC(=O)OC[C@H](COC(=O)CCCCCCCCCCC/C=C\C/C=C\CCCCC)OC(=O)CCCCCCCCCCC/C=C\C/C=C\CCCCC. The van der Waals surface area contributed by atoms with Gasteiger partial charge in [-0.15, -0.1) is 0 Å². The Morgan fingerprint density at radius 1 is 0.296 bits per heavy atom. The van der Waals surface area contributed by atoms with Crippen LogP contribution in [0.25, 0.3) is 0 Å². The number of hydrogen-bond acceptors (Lipinski definition) is 6. The Hall–Kier alpha value is -3.41. The average molecular weight is 990 g/mol. The van der Waals surface area contributed by atoms with Crippen molar-refractivity contribution in [3.05, 3.63) is 85.1 Å². The quantitative estimate of drug-likeness (QED) is 0.0261. The Labute approximate surface area is 439 Å². The van der Waals surface area contributed by atoms with E-state index in [4.69, 9.17) is 14.2 Å². The minimum absolute atomic E-state index is 0.0856. The first-order chi connectivity index (χ1) is 35.0. The molecule has 0 rings (SSSR count). The highest BCUT2D eigenvalue weighted by Gasteiger charge is 2.19. The topological polar surface area (TPSA) is 78.9 Å². The average Bonchev–Trinajstić information content (AvgIpc) is 3.37. The zero-order valence-corrected chi connectivity index (χ0v) is 46.7. The van der Waals surface area contributed by atoms with Gasteiger partial charge in [0.05, 0.1) is 0 Å². The molecule has 0 aliphatic rings. The number of rotatable bonds is 54. The minimum Gasteiger partial charge on any atom is -0.462 e. The van der Waals surface area contributed by atoms with E-state index in [2.05, 4.69) is 106 Å². The molecule has 0 amide bonds. The highest BCUT2D eigenvalue weighted by molar-refractivity contribution is 5.71. The molecule has 0 heterocycles. The number of hydrogen-bond donors (Lipinski definition) is 0. The molecule has 0 N–H and O–H groups in total. The van der Waals surface area contributed by atoms with Crippen LogP contribution in [0.5, 0.6) is 0 Å². The Kier molecular flexibility index (Phi) is 56.3. The van der Waals surface area contributed by atoms with Crippen molar-refractivity contribution >= 4 is 17.9 Å². The fourth-order valence-electron chi connectivity index (χ4n) is 8.34. The summed E-state index contributed by atoms with van der Waals surface area (Å²) < 4.78 is 16.9. The fraction of sp³-hybridized carbons (Fsp3) is 0.738. The summed E-state index contributed by atoms with van der Waals surface area (Å²) in [6.07, 6.45) is 77.1. The van der Waals surface area contributed by atoms with Crippen LogP contribution >= 0.6 is 0 Å². The van der Waals surface area contributed by atoms with Gasteiger partial charge in [0.2, 0.25) is 0 Å². The van der Waals surface area contributed by atoms with Crippen molar-refractivity contribution in [1.82, 2.24) is 0 Å². The molecule has 0 fully saturated rings. The fourth-order valence-corrected chi connectivity index (χ4v) is 8.34. The molecule has 408 valence electrons. The molecule has 0 radical (unpaired) electrons. The molecule has 6 heteroatoms. The second-order valence-corrected chi connectivity index (χ2v) is 19.9. The van der Waals surface area contributed by atoms with Gasteiger partial charge >= 0.3 is 17.9 Å². The summed E-state index contributed by atoms with van der Waals surface area (Å²) in [7, 11) is 0. The maximum Gasteiger partial charge on any atom is 0.306 e. The van der Waals surface area contributed by atoms with Crippen molar-refractivity contribution < 1.29 is 28.6 Å². The Bertz CT molecular complexity index is 1370. The lowest BCUT2D eigenvalue weighted by Crippen LogP contribution is -2.30. The van der Waals surface area contributed by atoms with Crippen LogP contribution in [0.15, 0.2) is 85.1 Å². The summed E-state index contributed by atoms with van der Waals surface area (Å²) in [5, 5.41) is 0. The van der Waals surface area contributed by atoms with Gasteiger partial charge < -0.3 is 14.2 Å². The second kappa shape index (κ2) is 59.2. The van der Waals surface area contributed by atoms with Crippen LogP contribution in [0.3, 0.4) is 0 Å². The zero-order valence-electron chi connectivity index (χ0n) is 46.7. The molecule has 0 aromatic rings. The molecule has 0 aromatic heterocycles. The third kappa shape index (κ3) is 57.4. The maximum atomic E-state index is 12.9. The van der Waals surface area contributed by atoms with Gasteiger partial charge in [-0.05, 0) is 116 Å². The molecule has 0 saturated heterocycles. The highest BCUT2D eigenvalue weighted by atomic mass is 16.6. The lowest BCUT2D eigenvalue weighted by molar-refractivity contribution is -0.167. The van der Waals surface area contributed by atoms with Gasteiger partial charge in [-0.3, -0.25) is 14.4 Å². The molecular weight excluding hydrogens is 877 g/mol. The van der Waals surface area contributed by atoms with Crippen LogP contribution in [0.2, 0.25) is 0 Å². The van der Waals surface area contributed by atoms with Gasteiger partial charge in [0.15, 0.2) is 6.10 Å². The standard InChI is InChI=1S/C65H112O6/c1-4-7-10-13-16-19-22-25-28-30-32-34-37-40-43-46-49-52-55-58-64(67)70-61-62(60-69-63(66)57-54-51-48-45-42-39-36-27-24-21-18-15-12-9-6-3)71-65(68)59-56-53-50-47-44-41-38-35-33-31-29-26-23-20-17-14-11-8-5-2/h9,12,16-21,25-29,36,62H,4-8,10-11,13-15,22-24,30-35,37-61H2,1-3H3/b12-9-,19-16-,20-17-,21-18-,28-25-,29-26-,36-27-/t62-/m1/s1. The van der Waals surface area contributed by atoms with Crippen LogP contribution in [0.4, 0.5) is 0 Å². The Morgan fingerprint density at radius 3 is 0.859 bits per heavy atom. The van der Waals surface area contributed by atoms with E-state index in [1.54, 1.807) is 0 Å². The largest absolute Gasteiger partial charge is 0.462 e. The van der Waals surface area contributed by atoms with Crippen molar-refractivity contribution in [1.29, 1.82) is 0 Å². The van der Waals surface area contributed by atoms with E-state index in [0.717, 1.165) is 109 Å². The van der Waals surface area contributed by atoms with E-state index in [1.165, 1.54) is 141 Å².